The van der Waals surface area contributed by atoms with Crippen LogP contribution in [0.2, 0.25) is 0 Å². The summed E-state index contributed by atoms with van der Waals surface area (Å²) in [7, 11) is 0. The summed E-state index contributed by atoms with van der Waals surface area (Å²) in [6.45, 7) is 5.95. The van der Waals surface area contributed by atoms with E-state index in [1.165, 1.54) is 0 Å². The molecule has 1 amide bonds. The Labute approximate surface area is 147 Å². The Morgan fingerprint density at radius 3 is 2.40 bits per heavy atom. The second-order valence-corrected chi connectivity index (χ2v) is 6.01. The summed E-state index contributed by atoms with van der Waals surface area (Å²) in [4.78, 5) is 12.5. The van der Waals surface area contributed by atoms with Crippen molar-refractivity contribution in [3.63, 3.8) is 0 Å². The van der Waals surface area contributed by atoms with E-state index in [0.29, 0.717) is 5.56 Å². The molecule has 0 atom stereocenters. The zero-order chi connectivity index (χ0) is 17.8. The van der Waals surface area contributed by atoms with Crippen molar-refractivity contribution in [2.24, 2.45) is 5.10 Å². The van der Waals surface area contributed by atoms with Crippen molar-refractivity contribution in [2.75, 3.05) is 0 Å². The Kier molecular flexibility index (Phi) is 4.80. The molecule has 0 aliphatic rings. The number of hydrogen-bond donors (Lipinski definition) is 1. The summed E-state index contributed by atoms with van der Waals surface area (Å²) in [5, 5.41) is 4.10. The van der Waals surface area contributed by atoms with Gasteiger partial charge in [-0.2, -0.15) is 5.10 Å². The molecule has 0 fully saturated rings. The second-order valence-electron chi connectivity index (χ2n) is 6.01. The van der Waals surface area contributed by atoms with Gasteiger partial charge in [0.1, 0.15) is 0 Å². The number of carbonyl (C=O) groups is 1. The zero-order valence-corrected chi connectivity index (χ0v) is 14.7. The summed E-state index contributed by atoms with van der Waals surface area (Å²) < 4.78 is 2.07. The lowest BCUT2D eigenvalue weighted by atomic mass is 10.1. The average molecular weight is 331 g/mol. The molecule has 2 aromatic carbocycles. The SMILES string of the molecule is Cc1ccccc1/C=N/NC(=O)c1cc(C)n(-c2ccccc2)c1C. The number of benzene rings is 2. The van der Waals surface area contributed by atoms with Crippen LogP contribution < -0.4 is 5.43 Å². The zero-order valence-electron chi connectivity index (χ0n) is 14.7. The van der Waals surface area contributed by atoms with E-state index in [9.17, 15) is 4.79 Å². The van der Waals surface area contributed by atoms with E-state index in [0.717, 1.165) is 28.2 Å². The Hall–Kier alpha value is -3.14. The van der Waals surface area contributed by atoms with E-state index >= 15 is 0 Å². The highest BCUT2D eigenvalue weighted by molar-refractivity contribution is 5.96. The van der Waals surface area contributed by atoms with E-state index in [1.807, 2.05) is 81.4 Å². The van der Waals surface area contributed by atoms with Gasteiger partial charge in [0.25, 0.3) is 5.91 Å². The third-order valence-electron chi connectivity index (χ3n) is 4.25. The molecule has 3 aromatic rings. The summed E-state index contributed by atoms with van der Waals surface area (Å²) in [6, 6.07) is 19.8. The maximum Gasteiger partial charge on any atom is 0.273 e. The Morgan fingerprint density at radius 1 is 1.00 bits per heavy atom. The number of amides is 1. The minimum Gasteiger partial charge on any atom is -0.318 e. The number of carbonyl (C=O) groups excluding carboxylic acids is 1. The first-order chi connectivity index (χ1) is 12.1. The van der Waals surface area contributed by atoms with Gasteiger partial charge in [-0.05, 0) is 50.1 Å². The molecule has 0 saturated heterocycles. The highest BCUT2D eigenvalue weighted by atomic mass is 16.2. The molecular weight excluding hydrogens is 310 g/mol. The number of rotatable bonds is 4. The molecule has 4 heteroatoms. The fourth-order valence-electron chi connectivity index (χ4n) is 2.92. The van der Waals surface area contributed by atoms with Crippen LogP contribution in [0, 0.1) is 20.8 Å². The fraction of sp³-hybridized carbons (Fsp3) is 0.143. The number of aromatic nitrogens is 1. The first-order valence-corrected chi connectivity index (χ1v) is 8.21. The van der Waals surface area contributed by atoms with Gasteiger partial charge in [-0.3, -0.25) is 4.79 Å². The smallest absolute Gasteiger partial charge is 0.273 e. The predicted octanol–water partition coefficient (Wildman–Crippen LogP) is 4.17. The van der Waals surface area contributed by atoms with Gasteiger partial charge in [0.15, 0.2) is 0 Å². The molecule has 126 valence electrons. The highest BCUT2D eigenvalue weighted by Gasteiger charge is 2.16. The quantitative estimate of drug-likeness (QED) is 0.566. The largest absolute Gasteiger partial charge is 0.318 e. The van der Waals surface area contributed by atoms with Gasteiger partial charge in [-0.1, -0.05) is 42.5 Å². The van der Waals surface area contributed by atoms with E-state index in [2.05, 4.69) is 15.1 Å². The maximum absolute atomic E-state index is 12.5. The van der Waals surface area contributed by atoms with E-state index < -0.39 is 0 Å². The molecule has 0 saturated carbocycles. The summed E-state index contributed by atoms with van der Waals surface area (Å²) in [5.41, 5.74) is 8.30. The Balaban J connectivity index is 1.81. The normalized spacial score (nSPS) is 11.0. The summed E-state index contributed by atoms with van der Waals surface area (Å²) in [5.74, 6) is -0.208. The number of nitrogens with zero attached hydrogens (tertiary/aromatic N) is 2. The van der Waals surface area contributed by atoms with Crippen LogP contribution in [0.25, 0.3) is 5.69 Å². The minimum absolute atomic E-state index is 0.208. The lowest BCUT2D eigenvalue weighted by Crippen LogP contribution is -2.18. The van der Waals surface area contributed by atoms with Crippen molar-refractivity contribution < 1.29 is 4.79 Å². The van der Waals surface area contributed by atoms with Crippen molar-refractivity contribution >= 4 is 12.1 Å². The van der Waals surface area contributed by atoms with Crippen LogP contribution in [-0.4, -0.2) is 16.7 Å². The molecule has 25 heavy (non-hydrogen) atoms. The van der Waals surface area contributed by atoms with Crippen molar-refractivity contribution in [1.29, 1.82) is 0 Å². The Morgan fingerprint density at radius 2 is 1.68 bits per heavy atom. The third-order valence-corrected chi connectivity index (χ3v) is 4.25. The number of hydrogen-bond acceptors (Lipinski definition) is 2. The van der Waals surface area contributed by atoms with Crippen molar-refractivity contribution in [2.45, 2.75) is 20.8 Å². The highest BCUT2D eigenvalue weighted by Crippen LogP contribution is 2.20. The maximum atomic E-state index is 12.5. The first-order valence-electron chi connectivity index (χ1n) is 8.21. The number of hydrazone groups is 1. The fourth-order valence-corrected chi connectivity index (χ4v) is 2.92. The van der Waals surface area contributed by atoms with Gasteiger partial charge in [-0.25, -0.2) is 5.43 Å². The minimum atomic E-state index is -0.208. The van der Waals surface area contributed by atoms with Gasteiger partial charge in [0.2, 0.25) is 0 Å². The van der Waals surface area contributed by atoms with Crippen LogP contribution in [0.3, 0.4) is 0 Å². The molecule has 4 nitrogen and oxygen atoms in total. The van der Waals surface area contributed by atoms with E-state index in [1.54, 1.807) is 6.21 Å². The Bertz CT molecular complexity index is 924. The molecule has 0 unspecified atom stereocenters. The summed E-state index contributed by atoms with van der Waals surface area (Å²) >= 11 is 0. The lowest BCUT2D eigenvalue weighted by molar-refractivity contribution is 0.0954. The summed E-state index contributed by atoms with van der Waals surface area (Å²) in [6.07, 6.45) is 1.67. The molecule has 0 radical (unpaired) electrons. The number of aryl methyl sites for hydroxylation is 2. The van der Waals surface area contributed by atoms with Crippen molar-refractivity contribution in [3.05, 3.63) is 88.7 Å². The van der Waals surface area contributed by atoms with Crippen molar-refractivity contribution in [3.8, 4) is 5.69 Å². The van der Waals surface area contributed by atoms with Gasteiger partial charge in [0.05, 0.1) is 11.8 Å². The van der Waals surface area contributed by atoms with Crippen LogP contribution in [0.1, 0.15) is 32.9 Å². The lowest BCUT2D eigenvalue weighted by Gasteiger charge is -2.09. The van der Waals surface area contributed by atoms with Gasteiger partial charge in [0, 0.05) is 17.1 Å². The molecular formula is C21H21N3O. The van der Waals surface area contributed by atoms with Gasteiger partial charge in [-0.15, -0.1) is 0 Å². The first kappa shape index (κ1) is 16.7. The van der Waals surface area contributed by atoms with E-state index in [-0.39, 0.29) is 5.91 Å². The van der Waals surface area contributed by atoms with Gasteiger partial charge >= 0.3 is 0 Å². The molecule has 0 spiro atoms. The van der Waals surface area contributed by atoms with Crippen LogP contribution >= 0.6 is 0 Å². The molecule has 1 heterocycles. The van der Waals surface area contributed by atoms with E-state index in [4.69, 9.17) is 0 Å². The second kappa shape index (κ2) is 7.18. The molecule has 3 rings (SSSR count). The predicted molar refractivity (Wildman–Crippen MR) is 101 cm³/mol. The molecule has 0 bridgehead atoms. The topological polar surface area (TPSA) is 46.4 Å². The van der Waals surface area contributed by atoms with Crippen LogP contribution in [0.15, 0.2) is 65.8 Å². The van der Waals surface area contributed by atoms with Crippen LogP contribution in [0.4, 0.5) is 0 Å². The van der Waals surface area contributed by atoms with Gasteiger partial charge < -0.3 is 4.57 Å². The molecule has 0 aliphatic heterocycles. The van der Waals surface area contributed by atoms with Crippen LogP contribution in [-0.2, 0) is 0 Å². The van der Waals surface area contributed by atoms with Crippen molar-refractivity contribution in [1.82, 2.24) is 9.99 Å². The number of para-hydroxylation sites is 1. The standard InChI is InChI=1S/C21H21N3O/c1-15-9-7-8-10-18(15)14-22-23-21(25)20-13-16(2)24(17(20)3)19-11-5-4-6-12-19/h4-14H,1-3H3,(H,23,25)/b22-14+. The average Bonchev–Trinajstić information content (AvgIpc) is 2.92. The number of nitrogens with one attached hydrogen (secondary N) is 1. The third kappa shape index (κ3) is 3.53. The molecule has 1 aromatic heterocycles. The van der Waals surface area contributed by atoms with Crippen LogP contribution in [0.5, 0.6) is 0 Å². The molecule has 0 aliphatic carbocycles. The molecule has 1 N–H and O–H groups in total. The monoisotopic (exact) mass is 331 g/mol.